The number of nitrogens with two attached hydrogens (primary N) is 1. The molecule has 1 heterocycles. The number of hydrogen-bond acceptors (Lipinski definition) is 5. The van der Waals surface area contributed by atoms with Crippen LogP contribution < -0.4 is 5.73 Å². The smallest absolute Gasteiger partial charge is 0.336 e. The molecule has 0 spiro atoms. The monoisotopic (exact) mass is 185 g/mol. The number of carbonyl (C=O) groups excluding carboxylic acids is 1. The zero-order valence-corrected chi connectivity index (χ0v) is 7.17. The van der Waals surface area contributed by atoms with E-state index in [0.29, 0.717) is 5.82 Å². The van der Waals surface area contributed by atoms with Crippen LogP contribution in [0.4, 0.5) is 5.82 Å². The van der Waals surface area contributed by atoms with Crippen molar-refractivity contribution in [2.24, 2.45) is 0 Å². The Balaban J connectivity index is 2.54. The fourth-order valence-corrected chi connectivity index (χ4v) is 0.867. The summed E-state index contributed by atoms with van der Waals surface area (Å²) in [5.74, 6) is -0.342. The summed E-state index contributed by atoms with van der Waals surface area (Å²) in [6, 6.07) is 1.57. The van der Waals surface area contributed by atoms with Gasteiger partial charge in [-0.25, -0.2) is 4.79 Å². The van der Waals surface area contributed by atoms with E-state index >= 15 is 0 Å². The number of carbonyl (C=O) groups is 1. The van der Waals surface area contributed by atoms with Crippen LogP contribution in [-0.2, 0) is 16.1 Å². The van der Waals surface area contributed by atoms with Gasteiger partial charge >= 0.3 is 5.97 Å². The van der Waals surface area contributed by atoms with Crippen molar-refractivity contribution in [2.75, 3.05) is 12.8 Å². The van der Waals surface area contributed by atoms with E-state index < -0.39 is 12.1 Å². The molecule has 13 heavy (non-hydrogen) atoms. The Hall–Kier alpha value is -1.56. The highest BCUT2D eigenvalue weighted by Gasteiger charge is 2.15. The number of nitrogens with zero attached hydrogens (tertiary/aromatic N) is 2. The van der Waals surface area contributed by atoms with Crippen LogP contribution in [0.2, 0.25) is 0 Å². The number of anilines is 1. The van der Waals surface area contributed by atoms with Gasteiger partial charge in [-0.1, -0.05) is 0 Å². The van der Waals surface area contributed by atoms with Gasteiger partial charge in [0.1, 0.15) is 5.82 Å². The average Bonchev–Trinajstić information content (AvgIpc) is 2.49. The fourth-order valence-electron chi connectivity index (χ4n) is 0.867. The number of hydrogen-bond donors (Lipinski definition) is 2. The van der Waals surface area contributed by atoms with Crippen molar-refractivity contribution in [3.05, 3.63) is 12.3 Å². The second-order valence-corrected chi connectivity index (χ2v) is 2.50. The number of methoxy groups -OCH3 is 1. The minimum atomic E-state index is -1.20. The van der Waals surface area contributed by atoms with E-state index in [4.69, 9.17) is 5.73 Å². The second kappa shape index (κ2) is 3.90. The summed E-state index contributed by atoms with van der Waals surface area (Å²) < 4.78 is 5.70. The highest BCUT2D eigenvalue weighted by atomic mass is 16.5. The van der Waals surface area contributed by atoms with E-state index in [0.717, 1.165) is 0 Å². The Morgan fingerprint density at radius 1 is 1.92 bits per heavy atom. The summed E-state index contributed by atoms with van der Waals surface area (Å²) in [7, 11) is 1.21. The number of nitrogen functional groups attached to an aromatic ring is 1. The van der Waals surface area contributed by atoms with Crippen molar-refractivity contribution >= 4 is 11.8 Å². The quantitative estimate of drug-likeness (QED) is 0.589. The molecule has 0 aliphatic rings. The molecule has 0 fully saturated rings. The van der Waals surface area contributed by atoms with Gasteiger partial charge in [0.25, 0.3) is 0 Å². The Labute approximate surface area is 74.9 Å². The maximum Gasteiger partial charge on any atom is 0.336 e. The number of aliphatic hydroxyl groups is 1. The zero-order valence-electron chi connectivity index (χ0n) is 7.17. The molecule has 6 nitrogen and oxygen atoms in total. The van der Waals surface area contributed by atoms with E-state index in [9.17, 15) is 9.90 Å². The third-order valence-corrected chi connectivity index (χ3v) is 1.49. The molecule has 0 saturated carbocycles. The topological polar surface area (TPSA) is 90.4 Å². The zero-order chi connectivity index (χ0) is 9.84. The van der Waals surface area contributed by atoms with Crippen LogP contribution in [0.5, 0.6) is 0 Å². The molecular weight excluding hydrogens is 174 g/mol. The molecule has 0 aliphatic carbocycles. The largest absolute Gasteiger partial charge is 0.467 e. The molecule has 3 N–H and O–H groups in total. The third kappa shape index (κ3) is 2.45. The van der Waals surface area contributed by atoms with E-state index in [1.807, 2.05) is 0 Å². The minimum Gasteiger partial charge on any atom is -0.467 e. The number of ether oxygens (including phenoxy) is 1. The SMILES string of the molecule is COC(=O)C(O)Cn1ccc(N)n1. The highest BCUT2D eigenvalue weighted by molar-refractivity contribution is 5.73. The van der Waals surface area contributed by atoms with Crippen molar-refractivity contribution in [2.45, 2.75) is 12.6 Å². The first-order valence-electron chi connectivity index (χ1n) is 3.68. The Morgan fingerprint density at radius 3 is 3.08 bits per heavy atom. The first kappa shape index (κ1) is 9.53. The van der Waals surface area contributed by atoms with Gasteiger partial charge in [-0.05, 0) is 6.07 Å². The molecule has 1 aromatic rings. The lowest BCUT2D eigenvalue weighted by molar-refractivity contribution is -0.151. The van der Waals surface area contributed by atoms with Gasteiger partial charge in [0.05, 0.1) is 13.7 Å². The Morgan fingerprint density at radius 2 is 2.62 bits per heavy atom. The molecule has 0 aliphatic heterocycles. The molecule has 0 amide bonds. The molecule has 72 valence electrons. The van der Waals surface area contributed by atoms with Crippen LogP contribution in [0, 0.1) is 0 Å². The normalized spacial score (nSPS) is 12.5. The van der Waals surface area contributed by atoms with Crippen LogP contribution in [0.25, 0.3) is 0 Å². The molecule has 1 aromatic heterocycles. The predicted octanol–water partition coefficient (Wildman–Crippen LogP) is -1.00. The first-order chi connectivity index (χ1) is 6.13. The molecule has 1 atom stereocenters. The van der Waals surface area contributed by atoms with Gasteiger partial charge in [-0.3, -0.25) is 4.68 Å². The number of aliphatic hydroxyl groups excluding tert-OH is 1. The summed E-state index contributed by atoms with van der Waals surface area (Å²) in [5.41, 5.74) is 5.33. The van der Waals surface area contributed by atoms with E-state index in [1.54, 1.807) is 12.3 Å². The lowest BCUT2D eigenvalue weighted by Crippen LogP contribution is -2.27. The van der Waals surface area contributed by atoms with Crippen LogP contribution in [0.15, 0.2) is 12.3 Å². The fraction of sp³-hybridized carbons (Fsp3) is 0.429. The minimum absolute atomic E-state index is 0.0455. The van der Waals surface area contributed by atoms with Crippen LogP contribution in [-0.4, -0.2) is 34.1 Å². The molecule has 6 heteroatoms. The lowest BCUT2D eigenvalue weighted by Gasteiger charge is -2.07. The Kier molecular flexibility index (Phi) is 2.86. The van der Waals surface area contributed by atoms with E-state index in [2.05, 4.69) is 9.84 Å². The molecule has 1 unspecified atom stereocenters. The van der Waals surface area contributed by atoms with Gasteiger partial charge < -0.3 is 15.6 Å². The molecular formula is C7H11N3O3. The van der Waals surface area contributed by atoms with Gasteiger partial charge in [0, 0.05) is 6.20 Å². The molecule has 0 bridgehead atoms. The van der Waals surface area contributed by atoms with Gasteiger partial charge in [0.15, 0.2) is 6.10 Å². The van der Waals surface area contributed by atoms with E-state index in [-0.39, 0.29) is 6.54 Å². The van der Waals surface area contributed by atoms with Crippen LogP contribution >= 0.6 is 0 Å². The Bertz CT molecular complexity index is 297. The van der Waals surface area contributed by atoms with Crippen LogP contribution in [0.1, 0.15) is 0 Å². The van der Waals surface area contributed by atoms with Gasteiger partial charge in [-0.2, -0.15) is 5.10 Å². The van der Waals surface area contributed by atoms with E-state index in [1.165, 1.54) is 11.8 Å². The summed E-state index contributed by atoms with van der Waals surface area (Å²) in [6.45, 7) is 0.0455. The van der Waals surface area contributed by atoms with Crippen molar-refractivity contribution < 1.29 is 14.6 Å². The van der Waals surface area contributed by atoms with Crippen molar-refractivity contribution in [1.82, 2.24) is 9.78 Å². The van der Waals surface area contributed by atoms with Crippen molar-refractivity contribution in [3.8, 4) is 0 Å². The van der Waals surface area contributed by atoms with Gasteiger partial charge in [-0.15, -0.1) is 0 Å². The lowest BCUT2D eigenvalue weighted by atomic mass is 10.4. The van der Waals surface area contributed by atoms with Crippen molar-refractivity contribution in [1.29, 1.82) is 0 Å². The standard InChI is InChI=1S/C7H11N3O3/c1-13-7(12)5(11)4-10-3-2-6(8)9-10/h2-3,5,11H,4H2,1H3,(H2,8,9). The number of rotatable bonds is 3. The number of esters is 1. The van der Waals surface area contributed by atoms with Gasteiger partial charge in [0.2, 0.25) is 0 Å². The number of aromatic nitrogens is 2. The van der Waals surface area contributed by atoms with Crippen molar-refractivity contribution in [3.63, 3.8) is 0 Å². The summed E-state index contributed by atoms with van der Waals surface area (Å²) in [5, 5.41) is 13.0. The molecule has 0 aromatic carbocycles. The highest BCUT2D eigenvalue weighted by Crippen LogP contribution is 1.98. The summed E-state index contributed by atoms with van der Waals surface area (Å²) in [6.07, 6.45) is 0.367. The maximum atomic E-state index is 10.8. The van der Waals surface area contributed by atoms with Crippen LogP contribution in [0.3, 0.4) is 0 Å². The molecule has 1 rings (SSSR count). The molecule has 0 saturated heterocycles. The molecule has 0 radical (unpaired) electrons. The second-order valence-electron chi connectivity index (χ2n) is 2.50. The summed E-state index contributed by atoms with van der Waals surface area (Å²) >= 11 is 0. The average molecular weight is 185 g/mol. The predicted molar refractivity (Wildman–Crippen MR) is 44.7 cm³/mol. The first-order valence-corrected chi connectivity index (χ1v) is 3.68. The third-order valence-electron chi connectivity index (χ3n) is 1.49. The maximum absolute atomic E-state index is 10.8. The summed E-state index contributed by atoms with van der Waals surface area (Å²) in [4.78, 5) is 10.8.